The molecule has 1 aromatic carbocycles. The van der Waals surface area contributed by atoms with E-state index in [1.165, 1.54) is 0 Å². The fraction of sp³-hybridized carbons (Fsp3) is 0.600. The smallest absolute Gasteiger partial charge is 0.410 e. The number of hydrogen-bond acceptors (Lipinski definition) is 4. The predicted molar refractivity (Wildman–Crippen MR) is 101 cm³/mol. The van der Waals surface area contributed by atoms with Gasteiger partial charge >= 0.3 is 6.09 Å². The van der Waals surface area contributed by atoms with Gasteiger partial charge in [0.15, 0.2) is 0 Å². The Morgan fingerprint density at radius 3 is 2.69 bits per heavy atom. The zero-order chi connectivity index (χ0) is 18.5. The first kappa shape index (κ1) is 18.7. The number of anilines is 1. The molecule has 0 saturated carbocycles. The van der Waals surface area contributed by atoms with E-state index in [9.17, 15) is 9.59 Å². The van der Waals surface area contributed by atoms with Crippen LogP contribution in [0.15, 0.2) is 24.3 Å². The number of amides is 2. The third kappa shape index (κ3) is 4.18. The van der Waals surface area contributed by atoms with E-state index < -0.39 is 0 Å². The largest absolute Gasteiger partial charge is 0.450 e. The summed E-state index contributed by atoms with van der Waals surface area (Å²) < 4.78 is 5.20. The molecule has 2 aliphatic heterocycles. The molecule has 3 rings (SSSR count). The highest BCUT2D eigenvalue weighted by atomic mass is 16.6. The molecule has 26 heavy (non-hydrogen) atoms. The van der Waals surface area contributed by atoms with E-state index in [1.807, 2.05) is 43.0 Å². The molecule has 0 spiro atoms. The summed E-state index contributed by atoms with van der Waals surface area (Å²) in [5.74, 6) is 0. The highest BCUT2D eigenvalue weighted by Crippen LogP contribution is 2.36. The second-order valence-electron chi connectivity index (χ2n) is 7.25. The molecule has 2 unspecified atom stereocenters. The molecule has 2 fully saturated rings. The van der Waals surface area contributed by atoms with Crippen LogP contribution in [0, 0.1) is 6.92 Å². The summed E-state index contributed by atoms with van der Waals surface area (Å²) in [5, 5.41) is 3.58. The van der Waals surface area contributed by atoms with Crippen molar-refractivity contribution in [2.75, 3.05) is 24.6 Å². The molecule has 0 aliphatic carbocycles. The lowest BCUT2D eigenvalue weighted by Gasteiger charge is -2.38. The van der Waals surface area contributed by atoms with Crippen molar-refractivity contribution in [1.29, 1.82) is 0 Å². The minimum Gasteiger partial charge on any atom is -0.450 e. The fourth-order valence-electron chi connectivity index (χ4n) is 4.28. The van der Waals surface area contributed by atoms with Gasteiger partial charge in [-0.2, -0.15) is 0 Å². The lowest BCUT2D eigenvalue weighted by atomic mass is 9.98. The number of carbonyl (C=O) groups is 2. The van der Waals surface area contributed by atoms with Gasteiger partial charge in [0.05, 0.1) is 6.61 Å². The standard InChI is InChI=1S/C20H29N3O3/c1-3-26-20(25)23-18-7-8-19(23)13-16(12-18)21-9-10-22(14-24)17-6-4-5-15(2)11-17/h4-6,11,14,16,18-19,21H,3,7-10,12-13H2,1-2H3. The molecule has 2 aliphatic rings. The Kier molecular flexibility index (Phi) is 6.14. The second kappa shape index (κ2) is 8.54. The summed E-state index contributed by atoms with van der Waals surface area (Å²) in [5.41, 5.74) is 2.07. The van der Waals surface area contributed by atoms with Crippen molar-refractivity contribution >= 4 is 18.2 Å². The number of piperidine rings is 1. The lowest BCUT2D eigenvalue weighted by Crippen LogP contribution is -2.52. The number of carbonyl (C=O) groups excluding carboxylic acids is 2. The van der Waals surface area contributed by atoms with Gasteiger partial charge in [-0.1, -0.05) is 12.1 Å². The number of rotatable bonds is 7. The molecule has 142 valence electrons. The quantitative estimate of drug-likeness (QED) is 0.761. The Morgan fingerprint density at radius 1 is 1.35 bits per heavy atom. The van der Waals surface area contributed by atoms with Gasteiger partial charge in [-0.25, -0.2) is 4.79 Å². The molecule has 2 atom stereocenters. The lowest BCUT2D eigenvalue weighted by molar-refractivity contribution is -0.107. The van der Waals surface area contributed by atoms with Crippen molar-refractivity contribution in [2.24, 2.45) is 0 Å². The molecule has 6 heteroatoms. The zero-order valence-electron chi connectivity index (χ0n) is 15.7. The predicted octanol–water partition coefficient (Wildman–Crippen LogP) is 2.70. The summed E-state index contributed by atoms with van der Waals surface area (Å²) in [7, 11) is 0. The molecule has 6 nitrogen and oxygen atoms in total. The first-order chi connectivity index (χ1) is 12.6. The summed E-state index contributed by atoms with van der Waals surface area (Å²) in [6.45, 7) is 5.69. The molecule has 2 saturated heterocycles. The molecular formula is C20H29N3O3. The van der Waals surface area contributed by atoms with Crippen molar-refractivity contribution in [3.8, 4) is 0 Å². The van der Waals surface area contributed by atoms with Crippen LogP contribution >= 0.6 is 0 Å². The number of nitrogens with zero attached hydrogens (tertiary/aromatic N) is 2. The Morgan fingerprint density at radius 2 is 2.08 bits per heavy atom. The van der Waals surface area contributed by atoms with Crippen LogP contribution in [-0.2, 0) is 9.53 Å². The first-order valence-electron chi connectivity index (χ1n) is 9.59. The van der Waals surface area contributed by atoms with Crippen molar-refractivity contribution in [1.82, 2.24) is 10.2 Å². The van der Waals surface area contributed by atoms with Gasteiger partial charge in [-0.15, -0.1) is 0 Å². The van der Waals surface area contributed by atoms with Gasteiger partial charge in [0.2, 0.25) is 6.41 Å². The van der Waals surface area contributed by atoms with E-state index in [1.54, 1.807) is 4.90 Å². The Hall–Kier alpha value is -2.08. The highest BCUT2D eigenvalue weighted by Gasteiger charge is 2.43. The van der Waals surface area contributed by atoms with E-state index in [0.717, 1.165) is 49.9 Å². The van der Waals surface area contributed by atoms with Gasteiger partial charge in [0.1, 0.15) is 0 Å². The number of ether oxygens (including phenoxy) is 1. The van der Waals surface area contributed by atoms with Gasteiger partial charge in [0, 0.05) is 36.9 Å². The Balaban J connectivity index is 1.49. The van der Waals surface area contributed by atoms with Crippen LogP contribution in [-0.4, -0.2) is 55.2 Å². The van der Waals surface area contributed by atoms with Crippen LogP contribution < -0.4 is 10.2 Å². The Bertz CT molecular complexity index is 622. The maximum atomic E-state index is 12.1. The van der Waals surface area contributed by atoms with Gasteiger partial charge in [0.25, 0.3) is 0 Å². The highest BCUT2D eigenvalue weighted by molar-refractivity contribution is 5.75. The van der Waals surface area contributed by atoms with E-state index in [2.05, 4.69) is 5.32 Å². The normalized spacial score (nSPS) is 24.4. The third-order valence-electron chi connectivity index (χ3n) is 5.46. The van der Waals surface area contributed by atoms with Crippen molar-refractivity contribution in [3.05, 3.63) is 29.8 Å². The molecule has 1 N–H and O–H groups in total. The molecule has 2 heterocycles. The van der Waals surface area contributed by atoms with Crippen molar-refractivity contribution in [3.63, 3.8) is 0 Å². The monoisotopic (exact) mass is 359 g/mol. The van der Waals surface area contributed by atoms with Gasteiger partial charge in [-0.3, -0.25) is 4.79 Å². The van der Waals surface area contributed by atoms with Crippen molar-refractivity contribution < 1.29 is 14.3 Å². The number of nitrogens with one attached hydrogen (secondary N) is 1. The topological polar surface area (TPSA) is 61.9 Å². The summed E-state index contributed by atoms with van der Waals surface area (Å²) in [6.07, 6.45) is 4.77. The van der Waals surface area contributed by atoms with E-state index in [4.69, 9.17) is 4.74 Å². The average molecular weight is 359 g/mol. The SMILES string of the molecule is CCOC(=O)N1C2CCC1CC(NCCN(C=O)c1cccc(C)c1)C2. The van der Waals surface area contributed by atoms with Crippen molar-refractivity contribution in [2.45, 2.75) is 57.7 Å². The van der Waals surface area contributed by atoms with Crippen LogP contribution in [0.3, 0.4) is 0 Å². The third-order valence-corrected chi connectivity index (χ3v) is 5.46. The number of aryl methyl sites for hydroxylation is 1. The zero-order valence-corrected chi connectivity index (χ0v) is 15.7. The van der Waals surface area contributed by atoms with Crippen LogP contribution in [0.25, 0.3) is 0 Å². The molecule has 0 radical (unpaired) electrons. The number of benzene rings is 1. The average Bonchev–Trinajstić information content (AvgIpc) is 2.90. The molecule has 0 aromatic heterocycles. The molecular weight excluding hydrogens is 330 g/mol. The Labute approximate surface area is 155 Å². The first-order valence-corrected chi connectivity index (χ1v) is 9.59. The number of hydrogen-bond donors (Lipinski definition) is 1. The van der Waals surface area contributed by atoms with Crippen LogP contribution in [0.2, 0.25) is 0 Å². The van der Waals surface area contributed by atoms with Crippen LogP contribution in [0.1, 0.15) is 38.2 Å². The van der Waals surface area contributed by atoms with E-state index in [0.29, 0.717) is 19.2 Å². The maximum absolute atomic E-state index is 12.1. The summed E-state index contributed by atoms with van der Waals surface area (Å²) >= 11 is 0. The van der Waals surface area contributed by atoms with Gasteiger partial charge in [-0.05, 0) is 57.2 Å². The minimum atomic E-state index is -0.162. The maximum Gasteiger partial charge on any atom is 0.410 e. The second-order valence-corrected chi connectivity index (χ2v) is 7.25. The summed E-state index contributed by atoms with van der Waals surface area (Å²) in [6, 6.07) is 8.93. The number of fused-ring (bicyclic) bond motifs is 2. The van der Waals surface area contributed by atoms with E-state index >= 15 is 0 Å². The molecule has 2 amide bonds. The minimum absolute atomic E-state index is 0.162. The van der Waals surface area contributed by atoms with Gasteiger partial charge < -0.3 is 19.9 Å². The van der Waals surface area contributed by atoms with E-state index in [-0.39, 0.29) is 18.2 Å². The summed E-state index contributed by atoms with van der Waals surface area (Å²) in [4.78, 5) is 27.3. The van der Waals surface area contributed by atoms with Crippen LogP contribution in [0.5, 0.6) is 0 Å². The fourth-order valence-corrected chi connectivity index (χ4v) is 4.28. The molecule has 1 aromatic rings. The molecule has 2 bridgehead atoms. The van der Waals surface area contributed by atoms with Crippen LogP contribution in [0.4, 0.5) is 10.5 Å².